The van der Waals surface area contributed by atoms with E-state index in [1.165, 1.54) is 0 Å². The van der Waals surface area contributed by atoms with Crippen molar-refractivity contribution in [2.24, 2.45) is 0 Å². The second kappa shape index (κ2) is 8.92. The molecule has 112 valence electrons. The summed E-state index contributed by atoms with van der Waals surface area (Å²) in [4.78, 5) is 18.4. The molecule has 0 aromatic carbocycles. The molecule has 0 saturated heterocycles. The first-order chi connectivity index (χ1) is 9.60. The molecule has 20 heavy (non-hydrogen) atoms. The summed E-state index contributed by atoms with van der Waals surface area (Å²) in [6.45, 7) is 4.17. The predicted molar refractivity (Wildman–Crippen MR) is 84.2 cm³/mol. The van der Waals surface area contributed by atoms with Gasteiger partial charge in [-0.3, -0.25) is 4.79 Å². The number of carbonyl (C=O) groups excluding carboxylic acids is 1. The lowest BCUT2D eigenvalue weighted by Gasteiger charge is -2.19. The highest BCUT2D eigenvalue weighted by Crippen LogP contribution is 2.19. The number of hydrogen-bond acceptors (Lipinski definition) is 4. The fourth-order valence-corrected chi connectivity index (χ4v) is 2.07. The molecule has 5 nitrogen and oxygen atoms in total. The number of rotatable bonds is 8. The second-order valence-electron chi connectivity index (χ2n) is 4.55. The Morgan fingerprint density at radius 1 is 1.55 bits per heavy atom. The molecule has 0 aliphatic heterocycles. The van der Waals surface area contributed by atoms with Crippen molar-refractivity contribution in [3.8, 4) is 0 Å². The molecule has 1 aromatic heterocycles. The van der Waals surface area contributed by atoms with E-state index in [1.807, 2.05) is 0 Å². The van der Waals surface area contributed by atoms with Crippen LogP contribution in [-0.2, 0) is 4.74 Å². The fourth-order valence-electron chi connectivity index (χ4n) is 1.74. The summed E-state index contributed by atoms with van der Waals surface area (Å²) in [6.07, 6.45) is 3.49. The standard InChI is InChI=1S/C14H22BrN3O2/c1-4-6-16-13-12(9-11(15)10-17-13)14(19)18(2)7-5-8-20-3/h9-10H,4-8H2,1-3H3,(H,16,17). The summed E-state index contributed by atoms with van der Waals surface area (Å²) in [7, 11) is 3.45. The monoisotopic (exact) mass is 343 g/mol. The van der Waals surface area contributed by atoms with Gasteiger partial charge in [-0.15, -0.1) is 0 Å². The first-order valence-electron chi connectivity index (χ1n) is 6.74. The SMILES string of the molecule is CCCNc1ncc(Br)cc1C(=O)N(C)CCCOC. The average Bonchev–Trinajstić information content (AvgIpc) is 2.45. The van der Waals surface area contributed by atoms with E-state index < -0.39 is 0 Å². The van der Waals surface area contributed by atoms with Crippen LogP contribution in [0, 0.1) is 0 Å². The summed E-state index contributed by atoms with van der Waals surface area (Å²) < 4.78 is 5.80. The lowest BCUT2D eigenvalue weighted by atomic mass is 10.2. The smallest absolute Gasteiger partial charge is 0.257 e. The molecular weight excluding hydrogens is 322 g/mol. The number of hydrogen-bond donors (Lipinski definition) is 1. The van der Waals surface area contributed by atoms with Crippen LogP contribution in [0.3, 0.4) is 0 Å². The molecule has 1 N–H and O–H groups in total. The number of halogens is 1. The molecule has 0 aliphatic rings. The van der Waals surface area contributed by atoms with Crippen LogP contribution in [0.4, 0.5) is 5.82 Å². The fraction of sp³-hybridized carbons (Fsp3) is 0.571. The topological polar surface area (TPSA) is 54.5 Å². The molecule has 6 heteroatoms. The maximum absolute atomic E-state index is 12.5. The average molecular weight is 344 g/mol. The van der Waals surface area contributed by atoms with Crippen LogP contribution in [-0.4, -0.2) is 49.6 Å². The highest BCUT2D eigenvalue weighted by atomic mass is 79.9. The van der Waals surface area contributed by atoms with E-state index in [0.29, 0.717) is 24.5 Å². The van der Waals surface area contributed by atoms with E-state index in [0.717, 1.165) is 23.9 Å². The lowest BCUT2D eigenvalue weighted by molar-refractivity contribution is 0.0780. The zero-order valence-electron chi connectivity index (χ0n) is 12.3. The molecule has 0 radical (unpaired) electrons. The van der Waals surface area contributed by atoms with Gasteiger partial charge in [-0.05, 0) is 34.8 Å². The minimum absolute atomic E-state index is 0.0338. The van der Waals surface area contributed by atoms with E-state index >= 15 is 0 Å². The third-order valence-electron chi connectivity index (χ3n) is 2.82. The van der Waals surface area contributed by atoms with Gasteiger partial charge in [0, 0.05) is 44.5 Å². The van der Waals surface area contributed by atoms with Gasteiger partial charge in [0.2, 0.25) is 0 Å². The molecule has 0 unspecified atom stereocenters. The van der Waals surface area contributed by atoms with Gasteiger partial charge in [-0.1, -0.05) is 6.92 Å². The maximum atomic E-state index is 12.5. The Labute approximate surface area is 128 Å². The summed E-state index contributed by atoms with van der Waals surface area (Å²) in [6, 6.07) is 1.81. The van der Waals surface area contributed by atoms with E-state index in [-0.39, 0.29) is 5.91 Å². The Bertz CT molecular complexity index is 440. The molecule has 1 rings (SSSR count). The third-order valence-corrected chi connectivity index (χ3v) is 3.25. The van der Waals surface area contributed by atoms with Crippen molar-refractivity contribution in [2.75, 3.05) is 39.2 Å². The van der Waals surface area contributed by atoms with Gasteiger partial charge >= 0.3 is 0 Å². The number of aromatic nitrogens is 1. The lowest BCUT2D eigenvalue weighted by Crippen LogP contribution is -2.29. The Morgan fingerprint density at radius 3 is 2.95 bits per heavy atom. The quantitative estimate of drug-likeness (QED) is 0.737. The molecule has 0 saturated carbocycles. The maximum Gasteiger partial charge on any atom is 0.257 e. The van der Waals surface area contributed by atoms with Crippen LogP contribution in [0.25, 0.3) is 0 Å². The van der Waals surface area contributed by atoms with Crippen molar-refractivity contribution in [2.45, 2.75) is 19.8 Å². The van der Waals surface area contributed by atoms with Crippen molar-refractivity contribution < 1.29 is 9.53 Å². The minimum atomic E-state index is -0.0338. The molecule has 0 fully saturated rings. The molecule has 0 aliphatic carbocycles. The van der Waals surface area contributed by atoms with E-state index in [4.69, 9.17) is 4.74 Å². The minimum Gasteiger partial charge on any atom is -0.385 e. The summed E-state index contributed by atoms with van der Waals surface area (Å²) >= 11 is 3.36. The van der Waals surface area contributed by atoms with Crippen molar-refractivity contribution in [3.05, 3.63) is 22.3 Å². The van der Waals surface area contributed by atoms with Crippen LogP contribution in [0.1, 0.15) is 30.1 Å². The molecule has 1 heterocycles. The predicted octanol–water partition coefficient (Wildman–Crippen LogP) is 2.77. The van der Waals surface area contributed by atoms with E-state index in [2.05, 4.69) is 33.2 Å². The highest BCUT2D eigenvalue weighted by Gasteiger charge is 2.17. The van der Waals surface area contributed by atoms with Crippen molar-refractivity contribution in [1.29, 1.82) is 0 Å². The van der Waals surface area contributed by atoms with Gasteiger partial charge in [-0.25, -0.2) is 4.98 Å². The molecule has 1 aromatic rings. The Morgan fingerprint density at radius 2 is 2.30 bits per heavy atom. The number of nitrogens with one attached hydrogen (secondary N) is 1. The molecule has 0 atom stereocenters. The van der Waals surface area contributed by atoms with Gasteiger partial charge in [0.15, 0.2) is 0 Å². The van der Waals surface area contributed by atoms with Crippen LogP contribution in [0.15, 0.2) is 16.7 Å². The number of pyridine rings is 1. The highest BCUT2D eigenvalue weighted by molar-refractivity contribution is 9.10. The molecular formula is C14H22BrN3O2. The first-order valence-corrected chi connectivity index (χ1v) is 7.53. The Kier molecular flexibility index (Phi) is 7.54. The van der Waals surface area contributed by atoms with E-state index in [9.17, 15) is 4.79 Å². The van der Waals surface area contributed by atoms with Gasteiger partial charge in [0.1, 0.15) is 5.82 Å². The summed E-state index contributed by atoms with van der Waals surface area (Å²) in [5.74, 6) is 0.604. The number of amides is 1. The molecule has 0 spiro atoms. The van der Waals surface area contributed by atoms with Gasteiger partial charge in [0.25, 0.3) is 5.91 Å². The van der Waals surface area contributed by atoms with Crippen molar-refractivity contribution in [3.63, 3.8) is 0 Å². The third kappa shape index (κ3) is 5.09. The largest absolute Gasteiger partial charge is 0.385 e. The van der Waals surface area contributed by atoms with Gasteiger partial charge < -0.3 is 15.0 Å². The molecule has 0 bridgehead atoms. The van der Waals surface area contributed by atoms with Gasteiger partial charge in [-0.2, -0.15) is 0 Å². The second-order valence-corrected chi connectivity index (χ2v) is 5.47. The van der Waals surface area contributed by atoms with Crippen LogP contribution in [0.2, 0.25) is 0 Å². The van der Waals surface area contributed by atoms with Crippen molar-refractivity contribution in [1.82, 2.24) is 9.88 Å². The normalized spacial score (nSPS) is 10.4. The number of anilines is 1. The molecule has 1 amide bonds. The van der Waals surface area contributed by atoms with E-state index in [1.54, 1.807) is 31.3 Å². The zero-order chi connectivity index (χ0) is 15.0. The van der Waals surface area contributed by atoms with Crippen LogP contribution >= 0.6 is 15.9 Å². The number of ether oxygens (including phenoxy) is 1. The van der Waals surface area contributed by atoms with Crippen molar-refractivity contribution >= 4 is 27.7 Å². The number of carbonyl (C=O) groups is 1. The Hall–Kier alpha value is -1.14. The van der Waals surface area contributed by atoms with Crippen LogP contribution < -0.4 is 5.32 Å². The Balaban J connectivity index is 2.81. The van der Waals surface area contributed by atoms with Gasteiger partial charge in [0.05, 0.1) is 5.56 Å². The summed E-state index contributed by atoms with van der Waals surface area (Å²) in [5, 5.41) is 3.19. The summed E-state index contributed by atoms with van der Waals surface area (Å²) in [5.41, 5.74) is 0.591. The first kappa shape index (κ1) is 16.9. The number of methoxy groups -OCH3 is 1. The van der Waals surface area contributed by atoms with Crippen LogP contribution in [0.5, 0.6) is 0 Å². The zero-order valence-corrected chi connectivity index (χ0v) is 13.9. The number of nitrogens with zero attached hydrogens (tertiary/aromatic N) is 2.